The van der Waals surface area contributed by atoms with E-state index in [1.165, 1.54) is 17.7 Å². The Balaban J connectivity index is 1.86. The highest BCUT2D eigenvalue weighted by atomic mass is 16.3. The normalized spacial score (nSPS) is 33.7. The van der Waals surface area contributed by atoms with E-state index < -0.39 is 5.60 Å². The maximum absolute atomic E-state index is 11.2. The molecule has 2 atom stereocenters. The van der Waals surface area contributed by atoms with Crippen LogP contribution in [-0.2, 0) is 6.42 Å². The molecule has 0 bridgehead atoms. The predicted octanol–water partition coefficient (Wildman–Crippen LogP) is 3.83. The molecule has 0 amide bonds. The Morgan fingerprint density at radius 3 is 2.89 bits per heavy atom. The van der Waals surface area contributed by atoms with E-state index in [1.807, 2.05) is 12.3 Å². The highest BCUT2D eigenvalue weighted by molar-refractivity contribution is 5.31. The van der Waals surface area contributed by atoms with Gasteiger partial charge in [-0.2, -0.15) is 0 Å². The van der Waals surface area contributed by atoms with Crippen molar-refractivity contribution in [3.63, 3.8) is 0 Å². The summed E-state index contributed by atoms with van der Waals surface area (Å²) >= 11 is 0. The number of nitrogens with zero attached hydrogens (tertiary/aromatic N) is 1. The zero-order valence-corrected chi connectivity index (χ0v) is 12.2. The summed E-state index contributed by atoms with van der Waals surface area (Å²) < 4.78 is 0. The van der Waals surface area contributed by atoms with Crippen LogP contribution in [0.1, 0.15) is 69.5 Å². The first-order chi connectivity index (χ1) is 9.00. The highest BCUT2D eigenvalue weighted by Gasteiger charge is 2.43. The van der Waals surface area contributed by atoms with E-state index >= 15 is 0 Å². The second-order valence-corrected chi connectivity index (χ2v) is 7.26. The third-order valence-electron chi connectivity index (χ3n) is 5.31. The van der Waals surface area contributed by atoms with Crippen LogP contribution in [0.4, 0.5) is 0 Å². The minimum Gasteiger partial charge on any atom is -0.389 e. The van der Waals surface area contributed by atoms with Crippen molar-refractivity contribution in [2.45, 2.75) is 70.3 Å². The lowest BCUT2D eigenvalue weighted by atomic mass is 9.78. The molecular formula is C17H25NO. The monoisotopic (exact) mass is 259 g/mol. The zero-order chi connectivity index (χ0) is 13.5. The Hall–Kier alpha value is -0.890. The third-order valence-corrected chi connectivity index (χ3v) is 5.31. The highest BCUT2D eigenvalue weighted by Crippen LogP contribution is 2.48. The first kappa shape index (κ1) is 13.1. The van der Waals surface area contributed by atoms with Gasteiger partial charge in [-0.3, -0.25) is 4.98 Å². The number of fused-ring (bicyclic) bond motifs is 1. The van der Waals surface area contributed by atoms with Gasteiger partial charge in [-0.05, 0) is 55.6 Å². The maximum Gasteiger partial charge on any atom is 0.0731 e. The van der Waals surface area contributed by atoms with E-state index in [0.29, 0.717) is 5.41 Å². The Bertz CT molecular complexity index is 468. The lowest BCUT2D eigenvalue weighted by Gasteiger charge is -2.34. The van der Waals surface area contributed by atoms with E-state index in [1.54, 1.807) is 0 Å². The largest absolute Gasteiger partial charge is 0.389 e. The van der Waals surface area contributed by atoms with Gasteiger partial charge < -0.3 is 5.11 Å². The molecule has 1 fully saturated rings. The van der Waals surface area contributed by atoms with Gasteiger partial charge in [0.05, 0.1) is 5.60 Å². The molecule has 0 aromatic carbocycles. The minimum atomic E-state index is -0.520. The summed E-state index contributed by atoms with van der Waals surface area (Å²) in [7, 11) is 0. The van der Waals surface area contributed by atoms with Crippen LogP contribution in [0.25, 0.3) is 0 Å². The molecule has 1 aromatic rings. The molecular weight excluding hydrogens is 234 g/mol. The van der Waals surface area contributed by atoms with Crippen LogP contribution >= 0.6 is 0 Å². The molecule has 1 N–H and O–H groups in total. The van der Waals surface area contributed by atoms with E-state index in [4.69, 9.17) is 0 Å². The third kappa shape index (κ3) is 2.43. The number of pyridine rings is 1. The van der Waals surface area contributed by atoms with Gasteiger partial charge >= 0.3 is 0 Å². The van der Waals surface area contributed by atoms with Crippen molar-refractivity contribution in [3.8, 4) is 0 Å². The van der Waals surface area contributed by atoms with Crippen LogP contribution < -0.4 is 0 Å². The molecule has 0 saturated heterocycles. The Morgan fingerprint density at radius 2 is 2.05 bits per heavy atom. The van der Waals surface area contributed by atoms with E-state index in [2.05, 4.69) is 24.9 Å². The van der Waals surface area contributed by atoms with Gasteiger partial charge in [0.25, 0.3) is 0 Å². The van der Waals surface area contributed by atoms with Gasteiger partial charge in [0.2, 0.25) is 0 Å². The quantitative estimate of drug-likeness (QED) is 0.777. The fourth-order valence-electron chi connectivity index (χ4n) is 3.96. The smallest absolute Gasteiger partial charge is 0.0731 e. The minimum absolute atomic E-state index is 0.262. The van der Waals surface area contributed by atoms with Crippen molar-refractivity contribution < 1.29 is 5.11 Å². The van der Waals surface area contributed by atoms with Crippen LogP contribution in [-0.4, -0.2) is 15.7 Å². The molecule has 2 heteroatoms. The Morgan fingerprint density at radius 1 is 1.21 bits per heavy atom. The first-order valence-electron chi connectivity index (χ1n) is 7.66. The summed E-state index contributed by atoms with van der Waals surface area (Å²) in [6.07, 6.45) is 9.41. The summed E-state index contributed by atoms with van der Waals surface area (Å²) in [6.45, 7) is 4.67. The van der Waals surface area contributed by atoms with Gasteiger partial charge in [0.15, 0.2) is 0 Å². The second-order valence-electron chi connectivity index (χ2n) is 7.26. The van der Waals surface area contributed by atoms with Crippen molar-refractivity contribution in [3.05, 3.63) is 29.6 Å². The van der Waals surface area contributed by atoms with Gasteiger partial charge in [0.1, 0.15) is 0 Å². The SMILES string of the molecule is CC1(C)CCCC(O)(C2CCc3cccnc32)CC1. The fraction of sp³-hybridized carbons (Fsp3) is 0.706. The predicted molar refractivity (Wildman–Crippen MR) is 77.1 cm³/mol. The molecule has 0 aliphatic heterocycles. The summed E-state index contributed by atoms with van der Waals surface area (Å²) in [6, 6.07) is 4.19. The van der Waals surface area contributed by atoms with E-state index in [9.17, 15) is 5.11 Å². The molecule has 1 saturated carbocycles. The van der Waals surface area contributed by atoms with E-state index in [-0.39, 0.29) is 5.92 Å². The van der Waals surface area contributed by atoms with Crippen molar-refractivity contribution >= 4 is 0 Å². The molecule has 2 aliphatic rings. The molecule has 2 aliphatic carbocycles. The van der Waals surface area contributed by atoms with Gasteiger partial charge in [0, 0.05) is 17.8 Å². The molecule has 19 heavy (non-hydrogen) atoms. The Kier molecular flexibility index (Phi) is 3.17. The van der Waals surface area contributed by atoms with Crippen molar-refractivity contribution in [2.24, 2.45) is 5.41 Å². The zero-order valence-electron chi connectivity index (χ0n) is 12.2. The van der Waals surface area contributed by atoms with Crippen molar-refractivity contribution in [2.75, 3.05) is 0 Å². The number of aryl methyl sites for hydroxylation is 1. The molecule has 2 unspecified atom stereocenters. The average Bonchev–Trinajstić information content (AvgIpc) is 2.75. The molecule has 2 nitrogen and oxygen atoms in total. The van der Waals surface area contributed by atoms with Crippen molar-refractivity contribution in [1.82, 2.24) is 4.98 Å². The Labute approximate surface area is 116 Å². The molecule has 0 spiro atoms. The summed E-state index contributed by atoms with van der Waals surface area (Å²) in [5.41, 5.74) is 2.39. The summed E-state index contributed by atoms with van der Waals surface area (Å²) in [5, 5.41) is 11.2. The first-order valence-corrected chi connectivity index (χ1v) is 7.66. The lowest BCUT2D eigenvalue weighted by Crippen LogP contribution is -2.35. The van der Waals surface area contributed by atoms with Gasteiger partial charge in [-0.25, -0.2) is 0 Å². The number of aromatic nitrogens is 1. The van der Waals surface area contributed by atoms with Gasteiger partial charge in [-0.15, -0.1) is 0 Å². The van der Waals surface area contributed by atoms with Crippen LogP contribution in [0.15, 0.2) is 18.3 Å². The number of hydrogen-bond donors (Lipinski definition) is 1. The molecule has 3 rings (SSSR count). The van der Waals surface area contributed by atoms with E-state index in [0.717, 1.165) is 38.5 Å². The van der Waals surface area contributed by atoms with Crippen LogP contribution in [0.3, 0.4) is 0 Å². The molecule has 1 aromatic heterocycles. The molecule has 104 valence electrons. The summed E-state index contributed by atoms with van der Waals surface area (Å²) in [4.78, 5) is 4.57. The fourth-order valence-corrected chi connectivity index (χ4v) is 3.96. The molecule has 1 heterocycles. The van der Waals surface area contributed by atoms with Crippen LogP contribution in [0.5, 0.6) is 0 Å². The maximum atomic E-state index is 11.2. The number of rotatable bonds is 1. The van der Waals surface area contributed by atoms with Crippen LogP contribution in [0.2, 0.25) is 0 Å². The average molecular weight is 259 g/mol. The lowest BCUT2D eigenvalue weighted by molar-refractivity contribution is -0.00572. The molecule has 0 radical (unpaired) electrons. The topological polar surface area (TPSA) is 33.1 Å². The number of aliphatic hydroxyl groups is 1. The summed E-state index contributed by atoms with van der Waals surface area (Å²) in [5.74, 6) is 0.262. The number of hydrogen-bond acceptors (Lipinski definition) is 2. The second kappa shape index (κ2) is 4.59. The van der Waals surface area contributed by atoms with Gasteiger partial charge in [-0.1, -0.05) is 26.3 Å². The van der Waals surface area contributed by atoms with Crippen LogP contribution in [0, 0.1) is 5.41 Å². The standard InChI is InChI=1S/C17H25NO/c1-16(2)8-4-9-17(19,11-10-16)14-7-6-13-5-3-12-18-15(13)14/h3,5,12,14,19H,4,6-11H2,1-2H3. The van der Waals surface area contributed by atoms with Crippen molar-refractivity contribution in [1.29, 1.82) is 0 Å².